The van der Waals surface area contributed by atoms with Gasteiger partial charge >= 0.3 is 5.97 Å². The normalized spacial score (nSPS) is 23.8. The standard InChI is InChI=1S/C14H16ClNO3/c1-7-6-8(15)4-5-9(7)16-12(17)10-11(13(18)19)14(10,2)3/h4-6,10-11H,1-3H3,(H,16,17)(H,18,19)/t10-,11+/m0/s1. The number of carboxylic acid groups (broad SMARTS) is 1. The molecule has 0 unspecified atom stereocenters. The number of anilines is 1. The van der Waals surface area contributed by atoms with E-state index < -0.39 is 23.2 Å². The lowest BCUT2D eigenvalue weighted by atomic mass is 10.1. The average molecular weight is 282 g/mol. The van der Waals surface area contributed by atoms with Crippen molar-refractivity contribution in [2.75, 3.05) is 5.32 Å². The number of hydrogen-bond donors (Lipinski definition) is 2. The maximum Gasteiger partial charge on any atom is 0.307 e. The summed E-state index contributed by atoms with van der Waals surface area (Å²) in [6.45, 7) is 5.43. The van der Waals surface area contributed by atoms with Crippen LogP contribution >= 0.6 is 11.6 Å². The Bertz CT molecular complexity index is 554. The quantitative estimate of drug-likeness (QED) is 0.895. The molecule has 1 aromatic carbocycles. The molecule has 2 N–H and O–H groups in total. The van der Waals surface area contributed by atoms with E-state index in [1.807, 2.05) is 6.92 Å². The van der Waals surface area contributed by atoms with E-state index in [4.69, 9.17) is 16.7 Å². The van der Waals surface area contributed by atoms with Gasteiger partial charge in [0.05, 0.1) is 11.8 Å². The molecule has 0 radical (unpaired) electrons. The molecule has 2 rings (SSSR count). The molecule has 5 heteroatoms. The first kappa shape index (κ1) is 13.9. The molecule has 2 atom stereocenters. The van der Waals surface area contributed by atoms with Crippen molar-refractivity contribution < 1.29 is 14.7 Å². The fourth-order valence-corrected chi connectivity index (χ4v) is 2.79. The Morgan fingerprint density at radius 2 is 1.95 bits per heavy atom. The molecule has 0 aliphatic heterocycles. The molecule has 0 heterocycles. The van der Waals surface area contributed by atoms with E-state index in [-0.39, 0.29) is 5.91 Å². The minimum Gasteiger partial charge on any atom is -0.481 e. The smallest absolute Gasteiger partial charge is 0.307 e. The van der Waals surface area contributed by atoms with Gasteiger partial charge in [-0.15, -0.1) is 0 Å². The van der Waals surface area contributed by atoms with Gasteiger partial charge in [-0.3, -0.25) is 9.59 Å². The highest BCUT2D eigenvalue weighted by Crippen LogP contribution is 2.58. The summed E-state index contributed by atoms with van der Waals surface area (Å²) in [5, 5.41) is 12.4. The minimum absolute atomic E-state index is 0.247. The van der Waals surface area contributed by atoms with Crippen LogP contribution in [0.25, 0.3) is 0 Å². The molecule has 19 heavy (non-hydrogen) atoms. The van der Waals surface area contributed by atoms with Crippen LogP contribution in [0, 0.1) is 24.2 Å². The highest BCUT2D eigenvalue weighted by Gasteiger charge is 2.65. The summed E-state index contributed by atoms with van der Waals surface area (Å²) in [4.78, 5) is 23.2. The van der Waals surface area contributed by atoms with Crippen molar-refractivity contribution in [3.05, 3.63) is 28.8 Å². The summed E-state index contributed by atoms with van der Waals surface area (Å²) >= 11 is 5.85. The van der Waals surface area contributed by atoms with Crippen molar-refractivity contribution in [1.82, 2.24) is 0 Å². The maximum absolute atomic E-state index is 12.1. The van der Waals surface area contributed by atoms with Gasteiger partial charge < -0.3 is 10.4 Å². The first-order chi connectivity index (χ1) is 8.75. The molecule has 1 aliphatic rings. The number of nitrogens with one attached hydrogen (secondary N) is 1. The van der Waals surface area contributed by atoms with Gasteiger partial charge in [-0.25, -0.2) is 0 Å². The number of aliphatic carboxylic acids is 1. The van der Waals surface area contributed by atoms with Crippen molar-refractivity contribution in [3.8, 4) is 0 Å². The fourth-order valence-electron chi connectivity index (χ4n) is 2.57. The number of benzene rings is 1. The third-order valence-electron chi connectivity index (χ3n) is 3.82. The van der Waals surface area contributed by atoms with Crippen LogP contribution in [-0.2, 0) is 9.59 Å². The van der Waals surface area contributed by atoms with Crippen molar-refractivity contribution in [3.63, 3.8) is 0 Å². The molecule has 4 nitrogen and oxygen atoms in total. The second-order valence-corrected chi connectivity index (χ2v) is 6.00. The van der Waals surface area contributed by atoms with Gasteiger partial charge in [0.2, 0.25) is 5.91 Å². The summed E-state index contributed by atoms with van der Waals surface area (Å²) < 4.78 is 0. The average Bonchev–Trinajstić information content (AvgIpc) is 2.86. The Morgan fingerprint density at radius 1 is 1.32 bits per heavy atom. The summed E-state index contributed by atoms with van der Waals surface area (Å²) in [6.07, 6.45) is 0. The third kappa shape index (κ3) is 2.45. The number of halogens is 1. The van der Waals surface area contributed by atoms with Gasteiger partial charge in [-0.05, 0) is 36.1 Å². The molecular formula is C14H16ClNO3. The molecular weight excluding hydrogens is 266 g/mol. The zero-order valence-electron chi connectivity index (χ0n) is 11.0. The lowest BCUT2D eigenvalue weighted by Gasteiger charge is -2.09. The topological polar surface area (TPSA) is 66.4 Å². The maximum atomic E-state index is 12.1. The van der Waals surface area contributed by atoms with Crippen LogP contribution in [0.1, 0.15) is 19.4 Å². The molecule has 1 aromatic rings. The van der Waals surface area contributed by atoms with E-state index in [1.54, 1.807) is 32.0 Å². The van der Waals surface area contributed by atoms with Crippen LogP contribution in [-0.4, -0.2) is 17.0 Å². The van der Waals surface area contributed by atoms with Crippen LogP contribution < -0.4 is 5.32 Å². The summed E-state index contributed by atoms with van der Waals surface area (Å²) in [6, 6.07) is 5.17. The predicted molar refractivity (Wildman–Crippen MR) is 73.2 cm³/mol. The molecule has 1 amide bonds. The van der Waals surface area contributed by atoms with Gasteiger partial charge in [-0.1, -0.05) is 25.4 Å². The van der Waals surface area contributed by atoms with Gasteiger partial charge in [0.1, 0.15) is 0 Å². The fraction of sp³-hybridized carbons (Fsp3) is 0.429. The number of carboxylic acids is 1. The SMILES string of the molecule is Cc1cc(Cl)ccc1NC(=O)[C@@H]1[C@H](C(=O)O)C1(C)C. The molecule has 0 bridgehead atoms. The number of rotatable bonds is 3. The van der Waals surface area contributed by atoms with Gasteiger partial charge in [0.25, 0.3) is 0 Å². The van der Waals surface area contributed by atoms with Crippen LogP contribution in [0.5, 0.6) is 0 Å². The van der Waals surface area contributed by atoms with E-state index >= 15 is 0 Å². The first-order valence-corrected chi connectivity index (χ1v) is 6.42. The second-order valence-electron chi connectivity index (χ2n) is 5.56. The molecule has 0 saturated heterocycles. The Balaban J connectivity index is 2.13. The molecule has 1 fully saturated rings. The van der Waals surface area contributed by atoms with E-state index in [0.29, 0.717) is 10.7 Å². The zero-order valence-corrected chi connectivity index (χ0v) is 11.8. The summed E-state index contributed by atoms with van der Waals surface area (Å²) in [5.41, 5.74) is 1.03. The van der Waals surface area contributed by atoms with Crippen LogP contribution in [0.4, 0.5) is 5.69 Å². The van der Waals surface area contributed by atoms with Crippen molar-refractivity contribution in [2.45, 2.75) is 20.8 Å². The second kappa shape index (κ2) is 4.53. The van der Waals surface area contributed by atoms with Gasteiger partial charge in [0, 0.05) is 10.7 Å². The van der Waals surface area contributed by atoms with Crippen molar-refractivity contribution in [2.24, 2.45) is 17.3 Å². The van der Waals surface area contributed by atoms with Gasteiger partial charge in [0.15, 0.2) is 0 Å². The summed E-state index contributed by atoms with van der Waals surface area (Å²) in [7, 11) is 0. The predicted octanol–water partition coefficient (Wildman–Crippen LogP) is 2.94. The summed E-state index contributed by atoms with van der Waals surface area (Å²) in [5.74, 6) is -2.26. The molecule has 102 valence electrons. The lowest BCUT2D eigenvalue weighted by Crippen LogP contribution is -2.18. The van der Waals surface area contributed by atoms with E-state index in [9.17, 15) is 9.59 Å². The van der Waals surface area contributed by atoms with Crippen molar-refractivity contribution in [1.29, 1.82) is 0 Å². The third-order valence-corrected chi connectivity index (χ3v) is 4.06. The van der Waals surface area contributed by atoms with E-state index in [2.05, 4.69) is 5.32 Å². The number of amides is 1. The number of hydrogen-bond acceptors (Lipinski definition) is 2. The highest BCUT2D eigenvalue weighted by atomic mass is 35.5. The van der Waals surface area contributed by atoms with Crippen molar-refractivity contribution >= 4 is 29.2 Å². The zero-order chi connectivity index (χ0) is 14.4. The molecule has 1 saturated carbocycles. The minimum atomic E-state index is -0.919. The van der Waals surface area contributed by atoms with Gasteiger partial charge in [-0.2, -0.15) is 0 Å². The number of carbonyl (C=O) groups is 2. The molecule has 0 aromatic heterocycles. The highest BCUT2D eigenvalue weighted by molar-refractivity contribution is 6.30. The Morgan fingerprint density at radius 3 is 2.42 bits per heavy atom. The first-order valence-electron chi connectivity index (χ1n) is 6.05. The van der Waals surface area contributed by atoms with Crippen LogP contribution in [0.3, 0.4) is 0 Å². The largest absolute Gasteiger partial charge is 0.481 e. The monoisotopic (exact) mass is 281 g/mol. The number of carbonyl (C=O) groups excluding carboxylic acids is 1. The number of aryl methyl sites for hydroxylation is 1. The molecule has 0 spiro atoms. The molecule has 1 aliphatic carbocycles. The van der Waals surface area contributed by atoms with Crippen LogP contribution in [0.2, 0.25) is 5.02 Å². The Kier molecular flexibility index (Phi) is 3.31. The van der Waals surface area contributed by atoms with E-state index in [0.717, 1.165) is 5.56 Å². The van der Waals surface area contributed by atoms with Crippen LogP contribution in [0.15, 0.2) is 18.2 Å². The van der Waals surface area contributed by atoms with E-state index in [1.165, 1.54) is 0 Å². The Labute approximate surface area is 116 Å². The Hall–Kier alpha value is -1.55. The lowest BCUT2D eigenvalue weighted by molar-refractivity contribution is -0.140.